The lowest BCUT2D eigenvalue weighted by Gasteiger charge is -2.29. The second-order valence-electron chi connectivity index (χ2n) is 10.6. The van der Waals surface area contributed by atoms with Crippen molar-refractivity contribution in [1.82, 2.24) is 25.2 Å². The highest BCUT2D eigenvalue weighted by Crippen LogP contribution is 2.41. The number of benzene rings is 2. The maximum absolute atomic E-state index is 13.5. The van der Waals surface area contributed by atoms with E-state index in [4.69, 9.17) is 9.47 Å². The molecule has 2 aromatic carbocycles. The summed E-state index contributed by atoms with van der Waals surface area (Å²) in [5.41, 5.74) is 3.13. The number of H-pyrrole nitrogens is 1. The van der Waals surface area contributed by atoms with Crippen molar-refractivity contribution in [2.24, 2.45) is 0 Å². The number of aromatic nitrogens is 3. The Morgan fingerprint density at radius 1 is 1.10 bits per heavy atom. The Morgan fingerprint density at radius 2 is 1.86 bits per heavy atom. The molecule has 11 heteroatoms. The lowest BCUT2D eigenvalue weighted by Crippen LogP contribution is -2.37. The van der Waals surface area contributed by atoms with E-state index in [2.05, 4.69) is 20.3 Å². The molecule has 0 spiro atoms. The van der Waals surface area contributed by atoms with Crippen LogP contribution in [0.1, 0.15) is 53.8 Å². The molecule has 3 heterocycles. The molecule has 1 aliphatic heterocycles. The molecule has 2 amide bonds. The monoisotopic (exact) mass is 571 g/mol. The van der Waals surface area contributed by atoms with Crippen LogP contribution in [-0.2, 0) is 21.5 Å². The quantitative estimate of drug-likeness (QED) is 0.311. The lowest BCUT2D eigenvalue weighted by molar-refractivity contribution is -0.136. The number of carbonyl (C=O) groups is 3. The zero-order valence-electron chi connectivity index (χ0n) is 23.7. The molecule has 2 N–H and O–H groups in total. The van der Waals surface area contributed by atoms with E-state index in [0.717, 1.165) is 16.6 Å². The molecule has 10 nitrogen and oxygen atoms in total. The van der Waals surface area contributed by atoms with E-state index in [-0.39, 0.29) is 36.7 Å². The van der Waals surface area contributed by atoms with Gasteiger partial charge < -0.3 is 24.7 Å². The van der Waals surface area contributed by atoms with Gasteiger partial charge in [-0.15, -0.1) is 0 Å². The van der Waals surface area contributed by atoms with Crippen molar-refractivity contribution in [3.05, 3.63) is 95.1 Å². The Kier molecular flexibility index (Phi) is 7.75. The first kappa shape index (κ1) is 28.5. The van der Waals surface area contributed by atoms with Gasteiger partial charge in [0.2, 0.25) is 0 Å². The van der Waals surface area contributed by atoms with Crippen LogP contribution < -0.4 is 10.1 Å². The minimum absolute atomic E-state index is 0.141. The number of hydrogen-bond acceptors (Lipinski definition) is 7. The fourth-order valence-electron chi connectivity index (χ4n) is 4.98. The van der Waals surface area contributed by atoms with Crippen LogP contribution in [0.3, 0.4) is 0 Å². The molecule has 5 rings (SSSR count). The number of aryl methyl sites for hydroxylation is 1. The van der Waals surface area contributed by atoms with Gasteiger partial charge in [-0.25, -0.2) is 14.0 Å². The number of ether oxygens (including phenoxy) is 2. The largest absolute Gasteiger partial charge is 0.462 e. The van der Waals surface area contributed by atoms with Gasteiger partial charge in [-0.1, -0.05) is 13.8 Å². The Hall–Kier alpha value is -5.06. The van der Waals surface area contributed by atoms with E-state index < -0.39 is 23.3 Å². The van der Waals surface area contributed by atoms with Crippen LogP contribution in [0.4, 0.5) is 9.18 Å². The third-order valence-electron chi connectivity index (χ3n) is 6.87. The van der Waals surface area contributed by atoms with E-state index in [1.54, 1.807) is 37.5 Å². The Balaban J connectivity index is 1.47. The normalized spacial score (nSPS) is 14.0. The van der Waals surface area contributed by atoms with Crippen LogP contribution in [0, 0.1) is 12.7 Å². The van der Waals surface area contributed by atoms with Crippen LogP contribution in [0.15, 0.2) is 61.1 Å². The van der Waals surface area contributed by atoms with Gasteiger partial charge in [0, 0.05) is 46.9 Å². The fraction of sp³-hybridized carbons (Fsp3) is 0.258. The van der Waals surface area contributed by atoms with Crippen molar-refractivity contribution in [2.75, 3.05) is 13.2 Å². The summed E-state index contributed by atoms with van der Waals surface area (Å²) in [6.45, 7) is 7.99. The minimum Gasteiger partial charge on any atom is -0.462 e. The van der Waals surface area contributed by atoms with Gasteiger partial charge in [-0.2, -0.15) is 0 Å². The van der Waals surface area contributed by atoms with Gasteiger partial charge in [0.15, 0.2) is 0 Å². The maximum atomic E-state index is 13.5. The predicted octanol–water partition coefficient (Wildman–Crippen LogP) is 5.03. The molecule has 1 aliphatic rings. The summed E-state index contributed by atoms with van der Waals surface area (Å²) in [6.07, 6.45) is 4.01. The molecule has 0 saturated carbocycles. The summed E-state index contributed by atoms with van der Waals surface area (Å²) in [4.78, 5) is 52.2. The molecule has 0 bridgehead atoms. The van der Waals surface area contributed by atoms with Crippen molar-refractivity contribution < 1.29 is 28.2 Å². The average Bonchev–Trinajstić information content (AvgIpc) is 3.29. The topological polar surface area (TPSA) is 127 Å². The zero-order valence-corrected chi connectivity index (χ0v) is 23.7. The second-order valence-corrected chi connectivity index (χ2v) is 10.6. The molecule has 0 fully saturated rings. The van der Waals surface area contributed by atoms with E-state index in [1.165, 1.54) is 35.4 Å². The van der Waals surface area contributed by atoms with Gasteiger partial charge in [-0.3, -0.25) is 14.8 Å². The summed E-state index contributed by atoms with van der Waals surface area (Å²) in [7, 11) is 0. The van der Waals surface area contributed by atoms with Crippen LogP contribution in [0.5, 0.6) is 5.75 Å². The fourth-order valence-corrected chi connectivity index (χ4v) is 4.98. The number of nitrogens with one attached hydrogen (secondary N) is 2. The van der Waals surface area contributed by atoms with E-state index in [0.29, 0.717) is 22.7 Å². The van der Waals surface area contributed by atoms with Gasteiger partial charge in [-0.05, 0) is 55.8 Å². The summed E-state index contributed by atoms with van der Waals surface area (Å²) >= 11 is 0. The van der Waals surface area contributed by atoms with Crippen LogP contribution in [0.25, 0.3) is 16.5 Å². The number of carbonyl (C=O) groups excluding carboxylic acids is 3. The molecule has 4 aromatic rings. The molecule has 42 heavy (non-hydrogen) atoms. The van der Waals surface area contributed by atoms with E-state index in [9.17, 15) is 18.8 Å². The number of nitrogens with zero attached hydrogens (tertiary/aromatic N) is 3. The highest BCUT2D eigenvalue weighted by Gasteiger charge is 2.37. The molecule has 216 valence electrons. The molecule has 0 saturated heterocycles. The first-order chi connectivity index (χ1) is 20.1. The van der Waals surface area contributed by atoms with Crippen LogP contribution in [-0.4, -0.2) is 51.0 Å². The van der Waals surface area contributed by atoms with E-state index >= 15 is 0 Å². The van der Waals surface area contributed by atoms with Gasteiger partial charge in [0.05, 0.1) is 42.0 Å². The molecule has 0 atom stereocenters. The van der Waals surface area contributed by atoms with Crippen LogP contribution >= 0.6 is 0 Å². The second kappa shape index (κ2) is 11.4. The first-order valence-corrected chi connectivity index (χ1v) is 13.4. The number of hydrogen-bond donors (Lipinski definition) is 2. The van der Waals surface area contributed by atoms with Crippen molar-refractivity contribution in [3.8, 4) is 5.75 Å². The highest BCUT2D eigenvalue weighted by atomic mass is 19.1. The maximum Gasteiger partial charge on any atom is 0.412 e. The van der Waals surface area contributed by atoms with Crippen molar-refractivity contribution in [3.63, 3.8) is 0 Å². The average molecular weight is 572 g/mol. The van der Waals surface area contributed by atoms with Crippen molar-refractivity contribution in [2.45, 2.75) is 39.7 Å². The Bertz CT molecular complexity index is 1690. The number of rotatable bonds is 6. The molecule has 2 aromatic heterocycles. The number of aromatic amines is 1. The minimum atomic E-state index is -0.660. The summed E-state index contributed by atoms with van der Waals surface area (Å²) in [6, 6.07) is 10.4. The molecule has 0 unspecified atom stereocenters. The SMILES string of the molecule is CCOC(=O)C1=CN(C(=O)c2ccc(F)cc2)CC(C)(C)c2c1[nH]c1cc(OC(=O)NCc3cnc(C)cn3)ccc21. The molecular formula is C31H30FN5O5. The van der Waals surface area contributed by atoms with Gasteiger partial charge in [0.25, 0.3) is 5.91 Å². The third-order valence-corrected chi connectivity index (χ3v) is 6.87. The summed E-state index contributed by atoms with van der Waals surface area (Å²) in [5.74, 6) is -1.14. The van der Waals surface area contributed by atoms with Crippen molar-refractivity contribution in [1.29, 1.82) is 0 Å². The number of halogens is 1. The van der Waals surface area contributed by atoms with Gasteiger partial charge in [0.1, 0.15) is 11.6 Å². The standard InChI is InChI=1S/C31H30FN5O5/c1-5-41-29(39)24-16-37(28(38)19-6-8-20(32)9-7-19)17-31(3,4)26-23-11-10-22(12-25(23)36-27(24)26)42-30(40)35-15-21-14-33-18(2)13-34-21/h6-14,16,36H,5,15,17H2,1-4H3,(H,35,40). The lowest BCUT2D eigenvalue weighted by atomic mass is 9.81. The third kappa shape index (κ3) is 5.85. The molecule has 0 aliphatic carbocycles. The van der Waals surface area contributed by atoms with E-state index in [1.807, 2.05) is 20.8 Å². The predicted molar refractivity (Wildman–Crippen MR) is 153 cm³/mol. The summed E-state index contributed by atoms with van der Waals surface area (Å²) < 4.78 is 24.3. The van der Waals surface area contributed by atoms with Crippen LogP contribution in [0.2, 0.25) is 0 Å². The Labute approximate surface area is 241 Å². The Morgan fingerprint density at radius 3 is 2.55 bits per heavy atom. The first-order valence-electron chi connectivity index (χ1n) is 13.4. The summed E-state index contributed by atoms with van der Waals surface area (Å²) in [5, 5.41) is 3.45. The molecule has 0 radical (unpaired) electrons. The number of esters is 1. The van der Waals surface area contributed by atoms with Crippen molar-refractivity contribution >= 4 is 34.4 Å². The highest BCUT2D eigenvalue weighted by molar-refractivity contribution is 6.18. The number of amides is 2. The van der Waals surface area contributed by atoms with Gasteiger partial charge >= 0.3 is 12.1 Å². The smallest absolute Gasteiger partial charge is 0.412 e. The number of fused-ring (bicyclic) bond motifs is 3. The molecular weight excluding hydrogens is 541 g/mol. The zero-order chi connectivity index (χ0) is 30.0.